The second-order valence-corrected chi connectivity index (χ2v) is 4.04. The Morgan fingerprint density at radius 3 is 3.18 bits per heavy atom. The van der Waals surface area contributed by atoms with Crippen molar-refractivity contribution >= 4 is 5.91 Å². The van der Waals surface area contributed by atoms with E-state index in [4.69, 9.17) is 10.00 Å². The minimum absolute atomic E-state index is 0.137. The van der Waals surface area contributed by atoms with E-state index in [-0.39, 0.29) is 12.0 Å². The minimum Gasteiger partial charge on any atom is -0.376 e. The summed E-state index contributed by atoms with van der Waals surface area (Å²) in [6, 6.07) is 8.69. The number of rotatable bonds is 3. The van der Waals surface area contributed by atoms with E-state index in [2.05, 4.69) is 5.32 Å². The zero-order valence-corrected chi connectivity index (χ0v) is 9.48. The molecule has 1 aliphatic heterocycles. The summed E-state index contributed by atoms with van der Waals surface area (Å²) >= 11 is 0. The van der Waals surface area contributed by atoms with Crippen LogP contribution in [0, 0.1) is 11.3 Å². The topological polar surface area (TPSA) is 62.1 Å². The summed E-state index contributed by atoms with van der Waals surface area (Å²) in [6.45, 7) is 1.32. The van der Waals surface area contributed by atoms with Crippen LogP contribution < -0.4 is 5.32 Å². The van der Waals surface area contributed by atoms with Gasteiger partial charge in [0.2, 0.25) is 0 Å². The highest BCUT2D eigenvalue weighted by Crippen LogP contribution is 2.11. The molecule has 0 unspecified atom stereocenters. The van der Waals surface area contributed by atoms with E-state index < -0.39 is 0 Å². The molecular formula is C13H14N2O2. The largest absolute Gasteiger partial charge is 0.376 e. The van der Waals surface area contributed by atoms with Gasteiger partial charge in [-0.15, -0.1) is 0 Å². The molecule has 1 saturated heterocycles. The number of amides is 1. The fraction of sp³-hybridized carbons (Fsp3) is 0.385. The molecule has 0 radical (unpaired) electrons. The van der Waals surface area contributed by atoms with E-state index in [1.54, 1.807) is 24.3 Å². The average Bonchev–Trinajstić information content (AvgIpc) is 2.89. The molecule has 0 spiro atoms. The Kier molecular flexibility index (Phi) is 3.73. The average molecular weight is 230 g/mol. The summed E-state index contributed by atoms with van der Waals surface area (Å²) in [5, 5.41) is 11.6. The molecule has 1 heterocycles. The van der Waals surface area contributed by atoms with Crippen LogP contribution in [0.1, 0.15) is 28.8 Å². The highest BCUT2D eigenvalue weighted by Gasteiger charge is 2.16. The van der Waals surface area contributed by atoms with Gasteiger partial charge in [0.1, 0.15) is 0 Å². The van der Waals surface area contributed by atoms with Crippen molar-refractivity contribution in [2.45, 2.75) is 18.9 Å². The molecule has 2 rings (SSSR count). The third-order valence-electron chi connectivity index (χ3n) is 2.77. The quantitative estimate of drug-likeness (QED) is 0.855. The Morgan fingerprint density at radius 1 is 1.59 bits per heavy atom. The van der Waals surface area contributed by atoms with Gasteiger partial charge in [0.05, 0.1) is 17.7 Å². The van der Waals surface area contributed by atoms with E-state index in [0.717, 1.165) is 19.4 Å². The normalized spacial score (nSPS) is 18.6. The highest BCUT2D eigenvalue weighted by atomic mass is 16.5. The Balaban J connectivity index is 1.92. The van der Waals surface area contributed by atoms with Gasteiger partial charge in [0.15, 0.2) is 0 Å². The van der Waals surface area contributed by atoms with Crippen molar-refractivity contribution in [1.29, 1.82) is 5.26 Å². The maximum absolute atomic E-state index is 11.8. The van der Waals surface area contributed by atoms with Gasteiger partial charge in [-0.3, -0.25) is 4.79 Å². The lowest BCUT2D eigenvalue weighted by Gasteiger charge is -2.10. The Bertz CT molecular complexity index is 445. The third-order valence-corrected chi connectivity index (χ3v) is 2.77. The number of carbonyl (C=O) groups is 1. The van der Waals surface area contributed by atoms with Gasteiger partial charge in [-0.25, -0.2) is 0 Å². The maximum atomic E-state index is 11.8. The Morgan fingerprint density at radius 2 is 2.47 bits per heavy atom. The minimum atomic E-state index is -0.155. The lowest BCUT2D eigenvalue weighted by molar-refractivity contribution is 0.0858. The molecule has 1 aromatic carbocycles. The molecule has 0 aromatic heterocycles. The molecule has 17 heavy (non-hydrogen) atoms. The van der Waals surface area contributed by atoms with Gasteiger partial charge >= 0.3 is 0 Å². The number of nitriles is 1. The number of nitrogens with zero attached hydrogens (tertiary/aromatic N) is 1. The van der Waals surface area contributed by atoms with Gasteiger partial charge in [-0.05, 0) is 31.0 Å². The predicted molar refractivity (Wildman–Crippen MR) is 62.5 cm³/mol. The number of ether oxygens (including phenoxy) is 1. The molecule has 1 aromatic rings. The van der Waals surface area contributed by atoms with E-state index in [1.165, 1.54) is 0 Å². The molecule has 1 N–H and O–H groups in total. The molecule has 88 valence electrons. The van der Waals surface area contributed by atoms with Crippen molar-refractivity contribution in [2.75, 3.05) is 13.2 Å². The molecule has 1 fully saturated rings. The van der Waals surface area contributed by atoms with Gasteiger partial charge in [0.25, 0.3) is 5.91 Å². The Labute approximate surface area is 100 Å². The van der Waals surface area contributed by atoms with Crippen molar-refractivity contribution in [3.63, 3.8) is 0 Å². The fourth-order valence-corrected chi connectivity index (χ4v) is 1.84. The molecular weight excluding hydrogens is 216 g/mol. The van der Waals surface area contributed by atoms with E-state index in [1.807, 2.05) is 6.07 Å². The van der Waals surface area contributed by atoms with Gasteiger partial charge < -0.3 is 10.1 Å². The Hall–Kier alpha value is -1.86. The molecule has 1 atom stereocenters. The number of nitrogens with one attached hydrogen (secondary N) is 1. The molecule has 4 nitrogen and oxygen atoms in total. The number of carbonyl (C=O) groups excluding carboxylic acids is 1. The van der Waals surface area contributed by atoms with Crippen molar-refractivity contribution in [2.24, 2.45) is 0 Å². The lowest BCUT2D eigenvalue weighted by Crippen LogP contribution is -2.31. The fourth-order valence-electron chi connectivity index (χ4n) is 1.84. The van der Waals surface area contributed by atoms with Gasteiger partial charge in [-0.2, -0.15) is 5.26 Å². The predicted octanol–water partition coefficient (Wildman–Crippen LogP) is 1.47. The van der Waals surface area contributed by atoms with Crippen LogP contribution in [0.25, 0.3) is 0 Å². The van der Waals surface area contributed by atoms with Crippen molar-refractivity contribution in [3.8, 4) is 6.07 Å². The van der Waals surface area contributed by atoms with E-state index >= 15 is 0 Å². The van der Waals surface area contributed by atoms with Gasteiger partial charge in [-0.1, -0.05) is 6.07 Å². The summed E-state index contributed by atoms with van der Waals surface area (Å²) < 4.78 is 5.42. The first-order valence-electron chi connectivity index (χ1n) is 5.69. The van der Waals surface area contributed by atoms with Crippen LogP contribution >= 0.6 is 0 Å². The van der Waals surface area contributed by atoms with Crippen molar-refractivity contribution in [3.05, 3.63) is 35.4 Å². The first-order valence-corrected chi connectivity index (χ1v) is 5.69. The highest BCUT2D eigenvalue weighted by molar-refractivity contribution is 5.94. The van der Waals surface area contributed by atoms with Crippen LogP contribution in [0.5, 0.6) is 0 Å². The molecule has 0 saturated carbocycles. The number of benzene rings is 1. The molecule has 4 heteroatoms. The standard InChI is InChI=1S/C13H14N2O2/c14-8-10-3-1-4-11(7-10)13(16)15-9-12-5-2-6-17-12/h1,3-4,7,12H,2,5-6,9H2,(H,15,16)/t12-/m1/s1. The summed E-state index contributed by atoms with van der Waals surface area (Å²) in [5.41, 5.74) is 1.01. The molecule has 0 aliphatic carbocycles. The molecule has 0 bridgehead atoms. The SMILES string of the molecule is N#Cc1cccc(C(=O)NC[C@H]2CCCO2)c1. The van der Waals surface area contributed by atoms with Crippen LogP contribution in [-0.2, 0) is 4.74 Å². The maximum Gasteiger partial charge on any atom is 0.251 e. The smallest absolute Gasteiger partial charge is 0.251 e. The van der Waals surface area contributed by atoms with Crippen LogP contribution in [0.3, 0.4) is 0 Å². The zero-order chi connectivity index (χ0) is 12.1. The number of hydrogen-bond acceptors (Lipinski definition) is 3. The molecule has 1 aliphatic rings. The first-order chi connectivity index (χ1) is 8.29. The van der Waals surface area contributed by atoms with Crippen LogP contribution in [0.15, 0.2) is 24.3 Å². The van der Waals surface area contributed by atoms with E-state index in [0.29, 0.717) is 17.7 Å². The second-order valence-electron chi connectivity index (χ2n) is 4.04. The summed E-state index contributed by atoms with van der Waals surface area (Å²) in [4.78, 5) is 11.8. The summed E-state index contributed by atoms with van der Waals surface area (Å²) in [5.74, 6) is -0.155. The van der Waals surface area contributed by atoms with Crippen molar-refractivity contribution in [1.82, 2.24) is 5.32 Å². The van der Waals surface area contributed by atoms with Crippen molar-refractivity contribution < 1.29 is 9.53 Å². The summed E-state index contributed by atoms with van der Waals surface area (Å²) in [6.07, 6.45) is 2.20. The first kappa shape index (κ1) is 11.6. The summed E-state index contributed by atoms with van der Waals surface area (Å²) in [7, 11) is 0. The van der Waals surface area contributed by atoms with Crippen LogP contribution in [0.2, 0.25) is 0 Å². The zero-order valence-electron chi connectivity index (χ0n) is 9.48. The number of hydrogen-bond donors (Lipinski definition) is 1. The monoisotopic (exact) mass is 230 g/mol. The molecule has 1 amide bonds. The van der Waals surface area contributed by atoms with E-state index in [9.17, 15) is 4.79 Å². The lowest BCUT2D eigenvalue weighted by atomic mass is 10.1. The van der Waals surface area contributed by atoms with Gasteiger partial charge in [0, 0.05) is 18.7 Å². The second kappa shape index (κ2) is 5.46. The van der Waals surface area contributed by atoms with Crippen LogP contribution in [-0.4, -0.2) is 25.2 Å². The third kappa shape index (κ3) is 3.05. The van der Waals surface area contributed by atoms with Crippen LogP contribution in [0.4, 0.5) is 0 Å².